The van der Waals surface area contributed by atoms with Gasteiger partial charge in [0.1, 0.15) is 5.82 Å². The zero-order valence-electron chi connectivity index (χ0n) is 15.5. The van der Waals surface area contributed by atoms with Crippen LogP contribution in [0.1, 0.15) is 43.6 Å². The molecular formula is C23H22ClFN2O. The lowest BCUT2D eigenvalue weighted by molar-refractivity contribution is -0.118. The van der Waals surface area contributed by atoms with Crippen molar-refractivity contribution >= 4 is 34.3 Å². The molecular weight excluding hydrogens is 375 g/mol. The van der Waals surface area contributed by atoms with E-state index in [0.29, 0.717) is 23.9 Å². The van der Waals surface area contributed by atoms with Crippen LogP contribution in [0.15, 0.2) is 60.8 Å². The number of hydrogen-bond acceptors (Lipinski definition) is 2. The minimum atomic E-state index is -0.345. The van der Waals surface area contributed by atoms with Crippen LogP contribution in [0, 0.1) is 11.7 Å². The zero-order valence-corrected chi connectivity index (χ0v) is 16.3. The van der Waals surface area contributed by atoms with Crippen molar-refractivity contribution in [1.29, 1.82) is 0 Å². The zero-order chi connectivity index (χ0) is 19.5. The van der Waals surface area contributed by atoms with Gasteiger partial charge in [-0.2, -0.15) is 0 Å². The van der Waals surface area contributed by atoms with Crippen molar-refractivity contribution in [2.75, 3.05) is 4.42 Å². The normalized spacial score (nSPS) is 19.5. The number of fused-ring (bicyclic) bond motifs is 1. The second kappa shape index (κ2) is 8.27. The standard InChI is InChI=1S/C23H22ClFN2O/c24-27(21-11-9-20(25)10-12-21)23(28)13-16-5-7-17(8-6-16)19-14-18-3-1-2-4-22(18)26-15-19/h1-4,9-12,14-17H,5-8,13H2. The Balaban J connectivity index is 1.34. The predicted octanol–water partition coefficient (Wildman–Crippen LogP) is 6.22. The van der Waals surface area contributed by atoms with E-state index in [4.69, 9.17) is 11.8 Å². The van der Waals surface area contributed by atoms with Crippen LogP contribution in [0.2, 0.25) is 0 Å². The first kappa shape index (κ1) is 18.9. The maximum absolute atomic E-state index is 13.0. The number of nitrogens with zero attached hydrogens (tertiary/aromatic N) is 2. The molecule has 0 aliphatic heterocycles. The third-order valence-electron chi connectivity index (χ3n) is 5.67. The minimum Gasteiger partial charge on any atom is -0.273 e. The van der Waals surface area contributed by atoms with E-state index in [-0.39, 0.29) is 11.7 Å². The number of carbonyl (C=O) groups excluding carboxylic acids is 1. The number of rotatable bonds is 4. The summed E-state index contributed by atoms with van der Waals surface area (Å²) in [6.45, 7) is 0. The third-order valence-corrected chi connectivity index (χ3v) is 6.05. The van der Waals surface area contributed by atoms with Crippen LogP contribution in [-0.2, 0) is 4.79 Å². The molecule has 144 valence electrons. The summed E-state index contributed by atoms with van der Waals surface area (Å²) < 4.78 is 14.1. The molecule has 28 heavy (non-hydrogen) atoms. The van der Waals surface area contributed by atoms with Crippen LogP contribution in [-0.4, -0.2) is 10.9 Å². The van der Waals surface area contributed by atoms with Crippen LogP contribution in [0.4, 0.5) is 10.1 Å². The number of benzene rings is 2. The highest BCUT2D eigenvalue weighted by atomic mass is 35.5. The van der Waals surface area contributed by atoms with Crippen molar-refractivity contribution in [3.63, 3.8) is 0 Å². The lowest BCUT2D eigenvalue weighted by Crippen LogP contribution is -2.25. The summed E-state index contributed by atoms with van der Waals surface area (Å²) in [7, 11) is 0. The predicted molar refractivity (Wildman–Crippen MR) is 111 cm³/mol. The number of carbonyl (C=O) groups is 1. The Kier molecular flexibility index (Phi) is 5.58. The summed E-state index contributed by atoms with van der Waals surface area (Å²) in [4.78, 5) is 17.1. The van der Waals surface area contributed by atoms with E-state index in [1.165, 1.54) is 35.2 Å². The molecule has 1 amide bonds. The van der Waals surface area contributed by atoms with Gasteiger partial charge in [-0.05, 0) is 79.5 Å². The van der Waals surface area contributed by atoms with Crippen molar-refractivity contribution in [3.05, 3.63) is 72.2 Å². The molecule has 1 fully saturated rings. The number of halogens is 2. The van der Waals surface area contributed by atoms with E-state index >= 15 is 0 Å². The van der Waals surface area contributed by atoms with Gasteiger partial charge in [0, 0.05) is 29.8 Å². The van der Waals surface area contributed by atoms with E-state index in [1.807, 2.05) is 24.4 Å². The third kappa shape index (κ3) is 4.17. The fourth-order valence-electron chi connectivity index (χ4n) is 4.05. The number of para-hydroxylation sites is 1. The lowest BCUT2D eigenvalue weighted by Gasteiger charge is -2.29. The first-order valence-electron chi connectivity index (χ1n) is 9.69. The average Bonchev–Trinajstić information content (AvgIpc) is 2.74. The molecule has 1 aliphatic rings. The lowest BCUT2D eigenvalue weighted by atomic mass is 9.77. The summed E-state index contributed by atoms with van der Waals surface area (Å²) in [5.74, 6) is 0.346. The van der Waals surface area contributed by atoms with Gasteiger partial charge in [0.05, 0.1) is 11.2 Å². The SMILES string of the molecule is O=C(CC1CCC(c2cnc3ccccc3c2)CC1)N(Cl)c1ccc(F)cc1. The number of anilines is 1. The summed E-state index contributed by atoms with van der Waals surface area (Å²) >= 11 is 6.16. The molecule has 0 spiro atoms. The molecule has 1 aliphatic carbocycles. The van der Waals surface area contributed by atoms with Gasteiger partial charge < -0.3 is 0 Å². The smallest absolute Gasteiger partial charge is 0.241 e. The molecule has 3 aromatic rings. The number of amides is 1. The van der Waals surface area contributed by atoms with Gasteiger partial charge in [0.25, 0.3) is 0 Å². The van der Waals surface area contributed by atoms with Gasteiger partial charge in [0.15, 0.2) is 0 Å². The molecule has 1 saturated carbocycles. The number of pyridine rings is 1. The Bertz CT molecular complexity index is 968. The van der Waals surface area contributed by atoms with Crippen LogP contribution in [0.5, 0.6) is 0 Å². The molecule has 0 bridgehead atoms. The topological polar surface area (TPSA) is 33.2 Å². The van der Waals surface area contributed by atoms with E-state index < -0.39 is 0 Å². The van der Waals surface area contributed by atoms with Crippen LogP contribution in [0.25, 0.3) is 10.9 Å². The summed E-state index contributed by atoms with van der Waals surface area (Å²) in [5, 5.41) is 1.18. The molecule has 5 heteroatoms. The quantitative estimate of drug-likeness (QED) is 0.490. The van der Waals surface area contributed by atoms with Gasteiger partial charge in [-0.25, -0.2) is 8.81 Å². The van der Waals surface area contributed by atoms with Crippen molar-refractivity contribution < 1.29 is 9.18 Å². The van der Waals surface area contributed by atoms with Crippen LogP contribution in [0.3, 0.4) is 0 Å². The second-order valence-corrected chi connectivity index (χ2v) is 7.87. The Morgan fingerprint density at radius 3 is 2.54 bits per heavy atom. The Morgan fingerprint density at radius 1 is 1.07 bits per heavy atom. The molecule has 3 nitrogen and oxygen atoms in total. The molecule has 1 heterocycles. The molecule has 0 radical (unpaired) electrons. The van der Waals surface area contributed by atoms with Gasteiger partial charge in [-0.15, -0.1) is 0 Å². The minimum absolute atomic E-state index is 0.135. The van der Waals surface area contributed by atoms with Crippen molar-refractivity contribution in [2.24, 2.45) is 5.92 Å². The fraction of sp³-hybridized carbons (Fsp3) is 0.304. The molecule has 0 saturated heterocycles. The summed E-state index contributed by atoms with van der Waals surface area (Å²) in [6, 6.07) is 16.1. The van der Waals surface area contributed by atoms with Gasteiger partial charge in [-0.3, -0.25) is 9.78 Å². The highest BCUT2D eigenvalue weighted by molar-refractivity contribution is 6.36. The largest absolute Gasteiger partial charge is 0.273 e. The molecule has 0 atom stereocenters. The highest BCUT2D eigenvalue weighted by Crippen LogP contribution is 2.38. The molecule has 0 N–H and O–H groups in total. The van der Waals surface area contributed by atoms with Gasteiger partial charge >= 0.3 is 0 Å². The average molecular weight is 397 g/mol. The van der Waals surface area contributed by atoms with E-state index in [9.17, 15) is 9.18 Å². The molecule has 1 aromatic heterocycles. The first-order chi connectivity index (χ1) is 13.6. The highest BCUT2D eigenvalue weighted by Gasteiger charge is 2.26. The number of aromatic nitrogens is 1. The van der Waals surface area contributed by atoms with Gasteiger partial charge in [-0.1, -0.05) is 18.2 Å². The molecule has 2 aromatic carbocycles. The number of hydrogen-bond donors (Lipinski definition) is 0. The van der Waals surface area contributed by atoms with E-state index in [1.54, 1.807) is 0 Å². The Hall–Kier alpha value is -2.46. The first-order valence-corrected chi connectivity index (χ1v) is 10.0. The molecule has 0 unspecified atom stereocenters. The van der Waals surface area contributed by atoms with E-state index in [2.05, 4.69) is 17.1 Å². The Labute approximate surface area is 169 Å². The van der Waals surface area contributed by atoms with E-state index in [0.717, 1.165) is 35.6 Å². The maximum atomic E-state index is 13.0. The van der Waals surface area contributed by atoms with Crippen LogP contribution < -0.4 is 4.42 Å². The van der Waals surface area contributed by atoms with Gasteiger partial charge in [0.2, 0.25) is 5.91 Å². The van der Waals surface area contributed by atoms with Crippen molar-refractivity contribution in [3.8, 4) is 0 Å². The monoisotopic (exact) mass is 396 g/mol. The van der Waals surface area contributed by atoms with Crippen LogP contribution >= 0.6 is 11.8 Å². The summed E-state index contributed by atoms with van der Waals surface area (Å²) in [5.41, 5.74) is 2.81. The maximum Gasteiger partial charge on any atom is 0.241 e. The Morgan fingerprint density at radius 2 is 1.79 bits per heavy atom. The second-order valence-electron chi connectivity index (χ2n) is 7.53. The molecule has 4 rings (SSSR count). The summed E-state index contributed by atoms with van der Waals surface area (Å²) in [6.07, 6.45) is 6.51. The fourth-order valence-corrected chi connectivity index (χ4v) is 4.24. The van der Waals surface area contributed by atoms with Crippen molar-refractivity contribution in [2.45, 2.75) is 38.0 Å². The van der Waals surface area contributed by atoms with Crippen molar-refractivity contribution in [1.82, 2.24) is 4.98 Å².